The summed E-state index contributed by atoms with van der Waals surface area (Å²) in [5.41, 5.74) is 0. The molecule has 0 aromatic heterocycles. The summed E-state index contributed by atoms with van der Waals surface area (Å²) in [5.74, 6) is 0. The molecule has 53 valence electrons. The van der Waals surface area contributed by atoms with Crippen LogP contribution in [0.3, 0.4) is 0 Å². The van der Waals surface area contributed by atoms with E-state index in [1.165, 1.54) is 0 Å². The molecule has 0 spiro atoms. The largest absolute Gasteiger partial charge is 2.00 e. The minimum Gasteiger partial charge on any atom is -2.00 e. The molecule has 0 atom stereocenters. The van der Waals surface area contributed by atoms with Crippen LogP contribution < -0.4 is 151 Å². The Morgan fingerprint density at radius 2 is 0.200 bits per heavy atom. The van der Waals surface area contributed by atoms with Gasteiger partial charge in [-0.05, 0) is 0 Å². The summed E-state index contributed by atoms with van der Waals surface area (Å²) in [6, 6.07) is 0. The fraction of sp³-hybridized carbons (Fsp3) is 0. The molecule has 0 heterocycles. The summed E-state index contributed by atoms with van der Waals surface area (Å²) in [6.45, 7) is 0. The Hall–Kier alpha value is 5.28. The molecule has 0 fully saturated rings. The van der Waals surface area contributed by atoms with Gasteiger partial charge in [0.05, 0.1) is 0 Å². The molecular weight excluding hydrogens is 244 g/mol. The number of hydrogen-bond donors (Lipinski definition) is 0. The average molecular weight is 244 g/mol. The topological polar surface area (TPSA) is 171 Å². The van der Waals surface area contributed by atoms with Crippen LogP contribution in [0.25, 0.3) is 0 Å². The first-order valence-electron chi connectivity index (χ1n) is 0. The van der Waals surface area contributed by atoms with Crippen LogP contribution in [0.1, 0.15) is 0 Å². The van der Waals surface area contributed by atoms with Gasteiger partial charge in [-0.3, -0.25) is 0 Å². The fourth-order valence-corrected chi connectivity index (χ4v) is 0. The van der Waals surface area contributed by atoms with Crippen LogP contribution >= 0.6 is 0 Å². The first-order valence-corrected chi connectivity index (χ1v) is 0. The Balaban J connectivity index is 0. The van der Waals surface area contributed by atoms with Crippen molar-refractivity contribution in [3.05, 3.63) is 0 Å². The van der Waals surface area contributed by atoms with E-state index in [1.54, 1.807) is 0 Å². The zero-order chi connectivity index (χ0) is 0. The van der Waals surface area contributed by atoms with Crippen molar-refractivity contribution in [1.29, 1.82) is 0 Å². The molecule has 1 radical (unpaired) electrons. The molecule has 6 nitrogen and oxygen atoms in total. The standard InChI is InChI=1S/8Li.Nb.6O/q8*+1;;6*-2. The van der Waals surface area contributed by atoms with Gasteiger partial charge in [0.25, 0.3) is 0 Å². The van der Waals surface area contributed by atoms with E-state index in [2.05, 4.69) is 0 Å². The SMILES string of the molecule is [Li+].[Li+].[Li+].[Li+].[Li+].[Li+].[Li+].[Li+].[Nb].[O-2].[O-2].[O-2].[O-2].[O-2].[O-2]. The van der Waals surface area contributed by atoms with Gasteiger partial charge in [0.15, 0.2) is 0 Å². The predicted molar refractivity (Wildman–Crippen MR) is 4.12 cm³/mol. The third-order valence-corrected chi connectivity index (χ3v) is 0. The molecule has 0 rings (SSSR count). The van der Waals surface area contributed by atoms with E-state index >= 15 is 0 Å². The second-order valence-electron chi connectivity index (χ2n) is 0. The molecule has 0 aromatic rings. The van der Waals surface area contributed by atoms with Crippen LogP contribution in [-0.4, -0.2) is 0 Å². The predicted octanol–water partition coefficient (Wildman–Crippen LogP) is -24.7. The van der Waals surface area contributed by atoms with E-state index in [0.29, 0.717) is 0 Å². The van der Waals surface area contributed by atoms with Crippen molar-refractivity contribution in [2.45, 2.75) is 0 Å². The molecule has 0 aromatic carbocycles. The van der Waals surface area contributed by atoms with Gasteiger partial charge < -0.3 is 32.9 Å². The molecule has 0 saturated heterocycles. The second-order valence-corrected chi connectivity index (χ2v) is 0. The van der Waals surface area contributed by atoms with Gasteiger partial charge >= 0.3 is 151 Å². The molecule has 0 saturated carbocycles. The van der Waals surface area contributed by atoms with Gasteiger partial charge in [0, 0.05) is 22.4 Å². The molecule has 0 aliphatic rings. The van der Waals surface area contributed by atoms with Gasteiger partial charge in [-0.1, -0.05) is 0 Å². The Labute approximate surface area is 202 Å². The Morgan fingerprint density at radius 1 is 0.200 bits per heavy atom. The molecule has 0 aliphatic carbocycles. The third kappa shape index (κ3) is 207. The summed E-state index contributed by atoms with van der Waals surface area (Å²) >= 11 is 0. The van der Waals surface area contributed by atoms with Crippen molar-refractivity contribution < 1.29 is 206 Å². The third-order valence-electron chi connectivity index (χ3n) is 0. The van der Waals surface area contributed by atoms with Crippen LogP contribution in [0.2, 0.25) is 0 Å². The van der Waals surface area contributed by atoms with E-state index in [-0.39, 0.29) is 206 Å². The Kier molecular flexibility index (Phi) is 4170. The average Bonchev–Trinajstić information content (AvgIpc) is 0. The summed E-state index contributed by atoms with van der Waals surface area (Å²) in [6.07, 6.45) is 0. The van der Waals surface area contributed by atoms with Gasteiger partial charge in [-0.2, -0.15) is 0 Å². The van der Waals surface area contributed by atoms with Crippen molar-refractivity contribution in [1.82, 2.24) is 0 Å². The minimum atomic E-state index is 0. The van der Waals surface area contributed by atoms with Crippen LogP contribution in [0, 0.1) is 0 Å². The van der Waals surface area contributed by atoms with Gasteiger partial charge in [0.1, 0.15) is 0 Å². The molecule has 0 aliphatic heterocycles. The fourth-order valence-electron chi connectivity index (χ4n) is 0. The van der Waals surface area contributed by atoms with E-state index < -0.39 is 0 Å². The van der Waals surface area contributed by atoms with E-state index in [0.717, 1.165) is 0 Å². The number of rotatable bonds is 0. The van der Waals surface area contributed by atoms with E-state index in [9.17, 15) is 0 Å². The summed E-state index contributed by atoms with van der Waals surface area (Å²) in [7, 11) is 0. The maximum absolute atomic E-state index is 0. The number of hydrogen-bond acceptors (Lipinski definition) is 0. The first kappa shape index (κ1) is 270. The molecule has 0 bridgehead atoms. The van der Waals surface area contributed by atoms with Crippen LogP contribution in [0.4, 0.5) is 0 Å². The van der Waals surface area contributed by atoms with Crippen molar-refractivity contribution in [3.63, 3.8) is 0 Å². The minimum absolute atomic E-state index is 0. The zero-order valence-electron chi connectivity index (χ0n) is 10.9. The molecule has 0 unspecified atom stereocenters. The molecular formula is Li8NbO6-4. The first-order chi connectivity index (χ1) is 0. The van der Waals surface area contributed by atoms with Crippen LogP contribution in [-0.2, 0) is 55.2 Å². The van der Waals surface area contributed by atoms with Crippen LogP contribution in [0.15, 0.2) is 0 Å². The van der Waals surface area contributed by atoms with Gasteiger partial charge in [-0.15, -0.1) is 0 Å². The van der Waals surface area contributed by atoms with Crippen molar-refractivity contribution in [2.24, 2.45) is 0 Å². The second kappa shape index (κ2) is 231. The van der Waals surface area contributed by atoms with E-state index in [1.807, 2.05) is 0 Å². The summed E-state index contributed by atoms with van der Waals surface area (Å²) < 4.78 is 0. The van der Waals surface area contributed by atoms with Gasteiger partial charge in [-0.25, -0.2) is 0 Å². The Bertz CT molecular complexity index is 19.1. The smallest absolute Gasteiger partial charge is 1.00 e. The van der Waals surface area contributed by atoms with Gasteiger partial charge in [0.2, 0.25) is 0 Å². The van der Waals surface area contributed by atoms with E-state index in [4.69, 9.17) is 0 Å². The molecule has 15 heavy (non-hydrogen) atoms. The molecule has 15 heteroatoms. The summed E-state index contributed by atoms with van der Waals surface area (Å²) in [4.78, 5) is 0. The maximum atomic E-state index is 0. The van der Waals surface area contributed by atoms with Crippen molar-refractivity contribution in [2.75, 3.05) is 0 Å². The normalized spacial score (nSPS) is 0. The molecule has 0 amide bonds. The maximum Gasteiger partial charge on any atom is 1.00 e. The quantitative estimate of drug-likeness (QED) is 0.369. The van der Waals surface area contributed by atoms with Crippen molar-refractivity contribution >= 4 is 0 Å². The van der Waals surface area contributed by atoms with Crippen molar-refractivity contribution in [3.8, 4) is 0 Å². The monoisotopic (exact) mass is 245 g/mol. The van der Waals surface area contributed by atoms with Crippen LogP contribution in [0.5, 0.6) is 0 Å². The Morgan fingerprint density at radius 3 is 0.200 bits per heavy atom. The summed E-state index contributed by atoms with van der Waals surface area (Å²) in [5, 5.41) is 0. The molecule has 0 N–H and O–H groups in total. The zero-order valence-corrected chi connectivity index (χ0v) is 13.1.